The molecule has 3 aromatic carbocycles. The molecule has 0 bridgehead atoms. The second-order valence-corrected chi connectivity index (χ2v) is 6.93. The van der Waals surface area contributed by atoms with Gasteiger partial charge in [0.1, 0.15) is 18.0 Å². The number of fused-ring (bicyclic) bond motifs is 1. The van der Waals surface area contributed by atoms with E-state index in [0.29, 0.717) is 26.8 Å². The highest BCUT2D eigenvalue weighted by atomic mass is 35.5. The molecule has 0 N–H and O–H groups in total. The van der Waals surface area contributed by atoms with E-state index in [0.717, 1.165) is 0 Å². The van der Waals surface area contributed by atoms with Gasteiger partial charge in [0.25, 0.3) is 0 Å². The van der Waals surface area contributed by atoms with Crippen molar-refractivity contribution in [3.8, 4) is 17.1 Å². The van der Waals surface area contributed by atoms with Crippen LogP contribution in [0.25, 0.3) is 22.3 Å². The third-order valence-corrected chi connectivity index (χ3v) is 4.82. The van der Waals surface area contributed by atoms with Gasteiger partial charge < -0.3 is 9.15 Å². The van der Waals surface area contributed by atoms with Crippen molar-refractivity contribution in [3.05, 3.63) is 98.4 Å². The zero-order valence-electron chi connectivity index (χ0n) is 14.4. The molecule has 28 heavy (non-hydrogen) atoms. The van der Waals surface area contributed by atoms with Crippen LogP contribution in [-0.2, 0) is 6.61 Å². The first-order valence-corrected chi connectivity index (χ1v) is 9.17. The molecule has 0 unspecified atom stereocenters. The van der Waals surface area contributed by atoms with E-state index in [2.05, 4.69) is 0 Å². The van der Waals surface area contributed by atoms with Gasteiger partial charge in [-0.15, -0.1) is 0 Å². The molecule has 0 atom stereocenters. The average Bonchev–Trinajstić information content (AvgIpc) is 2.69. The fourth-order valence-corrected chi connectivity index (χ4v) is 3.26. The number of halogens is 3. The molecule has 1 heterocycles. The molecule has 0 aliphatic heterocycles. The lowest BCUT2D eigenvalue weighted by molar-refractivity contribution is 0.292. The maximum absolute atomic E-state index is 14.0. The Morgan fingerprint density at radius 2 is 1.71 bits per heavy atom. The Kier molecular flexibility index (Phi) is 5.07. The lowest BCUT2D eigenvalue weighted by Gasteiger charge is -2.13. The van der Waals surface area contributed by atoms with Crippen LogP contribution in [0.4, 0.5) is 4.39 Å². The molecule has 0 saturated carbocycles. The summed E-state index contributed by atoms with van der Waals surface area (Å²) in [4.78, 5) is 13.1. The summed E-state index contributed by atoms with van der Waals surface area (Å²) in [5.41, 5.74) is 0.762. The van der Waals surface area contributed by atoms with Gasteiger partial charge in [0.2, 0.25) is 11.2 Å². The van der Waals surface area contributed by atoms with Gasteiger partial charge >= 0.3 is 0 Å². The minimum Gasteiger partial charge on any atom is -0.481 e. The molecule has 4 aromatic rings. The Hall–Kier alpha value is -2.82. The highest BCUT2D eigenvalue weighted by Gasteiger charge is 2.20. The first-order chi connectivity index (χ1) is 13.5. The van der Waals surface area contributed by atoms with Crippen molar-refractivity contribution in [2.24, 2.45) is 0 Å². The molecule has 1 aromatic heterocycles. The van der Waals surface area contributed by atoms with Crippen LogP contribution in [0.3, 0.4) is 0 Å². The third-order valence-electron chi connectivity index (χ3n) is 4.26. The summed E-state index contributed by atoms with van der Waals surface area (Å²) in [6.07, 6.45) is 0. The molecular weight excluding hydrogens is 402 g/mol. The summed E-state index contributed by atoms with van der Waals surface area (Å²) in [7, 11) is 0. The van der Waals surface area contributed by atoms with E-state index in [1.54, 1.807) is 54.6 Å². The zero-order chi connectivity index (χ0) is 19.7. The molecule has 0 amide bonds. The highest BCUT2D eigenvalue weighted by molar-refractivity contribution is 6.33. The summed E-state index contributed by atoms with van der Waals surface area (Å²) in [6.45, 7) is -0.138. The van der Waals surface area contributed by atoms with Crippen LogP contribution < -0.4 is 10.2 Å². The van der Waals surface area contributed by atoms with Gasteiger partial charge in [-0.1, -0.05) is 53.5 Å². The maximum atomic E-state index is 14.0. The van der Waals surface area contributed by atoms with Crippen molar-refractivity contribution in [1.29, 1.82) is 0 Å². The van der Waals surface area contributed by atoms with E-state index in [4.69, 9.17) is 32.4 Å². The van der Waals surface area contributed by atoms with E-state index >= 15 is 0 Å². The molecule has 4 rings (SSSR count). The Labute approximate surface area is 169 Å². The predicted octanol–water partition coefficient (Wildman–Crippen LogP) is 6.48. The number of benzene rings is 3. The average molecular weight is 415 g/mol. The maximum Gasteiger partial charge on any atom is 0.235 e. The predicted molar refractivity (Wildman–Crippen MR) is 109 cm³/mol. The Bertz CT molecular complexity index is 1230. The Balaban J connectivity index is 1.90. The molecule has 140 valence electrons. The van der Waals surface area contributed by atoms with E-state index in [1.165, 1.54) is 12.1 Å². The first-order valence-electron chi connectivity index (χ1n) is 8.42. The number of ether oxygens (including phenoxy) is 1. The van der Waals surface area contributed by atoms with Gasteiger partial charge in [0.15, 0.2) is 5.76 Å². The van der Waals surface area contributed by atoms with Crippen molar-refractivity contribution in [1.82, 2.24) is 0 Å². The Morgan fingerprint density at radius 3 is 2.50 bits per heavy atom. The lowest BCUT2D eigenvalue weighted by Crippen LogP contribution is -2.11. The van der Waals surface area contributed by atoms with Crippen molar-refractivity contribution in [2.45, 2.75) is 6.61 Å². The molecule has 0 saturated heterocycles. The van der Waals surface area contributed by atoms with Gasteiger partial charge in [0, 0.05) is 16.1 Å². The minimum absolute atomic E-state index is 0.0499. The largest absolute Gasteiger partial charge is 0.481 e. The van der Waals surface area contributed by atoms with Gasteiger partial charge in [-0.3, -0.25) is 4.79 Å². The molecule has 0 radical (unpaired) electrons. The quantitative estimate of drug-likeness (QED) is 0.383. The molecule has 0 spiro atoms. The first kappa shape index (κ1) is 18.5. The third kappa shape index (κ3) is 3.49. The molecule has 3 nitrogen and oxygen atoms in total. The summed E-state index contributed by atoms with van der Waals surface area (Å²) in [6, 6.07) is 17.9. The van der Waals surface area contributed by atoms with E-state index in [-0.39, 0.29) is 23.5 Å². The number of hydrogen-bond donors (Lipinski definition) is 0. The van der Waals surface area contributed by atoms with Crippen molar-refractivity contribution in [3.63, 3.8) is 0 Å². The van der Waals surface area contributed by atoms with Crippen molar-refractivity contribution < 1.29 is 13.5 Å². The van der Waals surface area contributed by atoms with Crippen LogP contribution in [0, 0.1) is 5.82 Å². The summed E-state index contributed by atoms with van der Waals surface area (Å²) in [5, 5.41) is 1.06. The van der Waals surface area contributed by atoms with E-state index < -0.39 is 11.2 Å². The van der Waals surface area contributed by atoms with Crippen LogP contribution >= 0.6 is 23.2 Å². The standard InChI is InChI=1S/C22H13Cl2FO3/c23-14-9-10-19-16(11-14)20(26)22(27-12-13-5-1-4-8-18(13)25)21(28-19)15-6-2-3-7-17(15)24/h1-11H,12H2. The fraction of sp³-hybridized carbons (Fsp3) is 0.0455. The molecule has 0 fully saturated rings. The monoisotopic (exact) mass is 414 g/mol. The second kappa shape index (κ2) is 7.66. The summed E-state index contributed by atoms with van der Waals surface area (Å²) >= 11 is 12.3. The van der Waals surface area contributed by atoms with Crippen LogP contribution in [0.2, 0.25) is 10.0 Å². The lowest BCUT2D eigenvalue weighted by atomic mass is 10.1. The molecule has 0 aliphatic rings. The SMILES string of the molecule is O=c1c(OCc2ccccc2F)c(-c2ccccc2Cl)oc2ccc(Cl)cc12. The van der Waals surface area contributed by atoms with Gasteiger partial charge in [-0.2, -0.15) is 0 Å². The van der Waals surface area contributed by atoms with Crippen LogP contribution in [0.5, 0.6) is 5.75 Å². The molecule has 0 aliphatic carbocycles. The van der Waals surface area contributed by atoms with E-state index in [1.807, 2.05) is 0 Å². The van der Waals surface area contributed by atoms with Crippen molar-refractivity contribution >= 4 is 34.2 Å². The second-order valence-electron chi connectivity index (χ2n) is 6.09. The van der Waals surface area contributed by atoms with Crippen molar-refractivity contribution in [2.75, 3.05) is 0 Å². The normalized spacial score (nSPS) is 11.0. The van der Waals surface area contributed by atoms with Crippen LogP contribution in [0.1, 0.15) is 5.56 Å². The van der Waals surface area contributed by atoms with Crippen LogP contribution in [0.15, 0.2) is 75.9 Å². The zero-order valence-corrected chi connectivity index (χ0v) is 15.9. The molecule has 6 heteroatoms. The topological polar surface area (TPSA) is 39.4 Å². The smallest absolute Gasteiger partial charge is 0.235 e. The number of rotatable bonds is 4. The summed E-state index contributed by atoms with van der Waals surface area (Å²) < 4.78 is 25.7. The van der Waals surface area contributed by atoms with Crippen LogP contribution in [-0.4, -0.2) is 0 Å². The van der Waals surface area contributed by atoms with Gasteiger partial charge in [0.05, 0.1) is 10.4 Å². The summed E-state index contributed by atoms with van der Waals surface area (Å²) in [5.74, 6) is -0.289. The molecular formula is C22H13Cl2FO3. The fourth-order valence-electron chi connectivity index (χ4n) is 2.87. The van der Waals surface area contributed by atoms with E-state index in [9.17, 15) is 9.18 Å². The van der Waals surface area contributed by atoms with Gasteiger partial charge in [-0.25, -0.2) is 4.39 Å². The Morgan fingerprint density at radius 1 is 0.964 bits per heavy atom. The number of hydrogen-bond acceptors (Lipinski definition) is 3. The highest BCUT2D eigenvalue weighted by Crippen LogP contribution is 2.36. The van der Waals surface area contributed by atoms with Gasteiger partial charge in [-0.05, 0) is 36.4 Å². The minimum atomic E-state index is -0.421.